The number of allylic oxidation sites excluding steroid dienone is 1. The molecule has 0 saturated carbocycles. The van der Waals surface area contributed by atoms with Crippen molar-refractivity contribution in [3.8, 4) is 5.75 Å². The lowest BCUT2D eigenvalue weighted by Gasteiger charge is -2.35. The molecule has 0 radical (unpaired) electrons. The van der Waals surface area contributed by atoms with E-state index in [1.807, 2.05) is 54.6 Å². The molecule has 0 spiro atoms. The maximum atomic E-state index is 13.0. The third kappa shape index (κ3) is 4.63. The van der Waals surface area contributed by atoms with E-state index in [0.717, 1.165) is 16.9 Å². The van der Waals surface area contributed by atoms with Gasteiger partial charge in [0.05, 0.1) is 19.3 Å². The van der Waals surface area contributed by atoms with Crippen LogP contribution >= 0.6 is 0 Å². The van der Waals surface area contributed by atoms with Crippen LogP contribution in [-0.4, -0.2) is 46.9 Å². The van der Waals surface area contributed by atoms with Crippen LogP contribution in [0.25, 0.3) is 0 Å². The van der Waals surface area contributed by atoms with Gasteiger partial charge >= 0.3 is 5.97 Å². The lowest BCUT2D eigenvalue weighted by Crippen LogP contribution is -2.42. The minimum atomic E-state index is -0.506. The van der Waals surface area contributed by atoms with Gasteiger partial charge in [0.1, 0.15) is 24.7 Å². The van der Waals surface area contributed by atoms with Crippen molar-refractivity contribution in [2.24, 2.45) is 0 Å². The van der Waals surface area contributed by atoms with Gasteiger partial charge < -0.3 is 19.7 Å². The average Bonchev–Trinajstić information content (AvgIpc) is 3.34. The maximum absolute atomic E-state index is 13.0. The average molecular weight is 462 g/mol. The fourth-order valence-electron chi connectivity index (χ4n) is 4.02. The number of hydrogen-bond donors (Lipinski definition) is 1. The normalized spacial score (nSPS) is 15.0. The van der Waals surface area contributed by atoms with Crippen LogP contribution in [-0.2, 0) is 20.9 Å². The molecule has 0 bridgehead atoms. The van der Waals surface area contributed by atoms with Crippen LogP contribution < -0.4 is 15.0 Å². The topological polar surface area (TPSA) is 98.6 Å². The van der Waals surface area contributed by atoms with Gasteiger partial charge in [-0.2, -0.15) is 10.1 Å². The molecule has 9 heteroatoms. The Balaban J connectivity index is 1.62. The molecule has 2 aromatic carbocycles. The zero-order valence-electron chi connectivity index (χ0n) is 19.4. The maximum Gasteiger partial charge on any atom is 0.338 e. The first kappa shape index (κ1) is 23.0. The number of methoxy groups -OCH3 is 1. The number of ether oxygens (including phenoxy) is 2. The van der Waals surface area contributed by atoms with E-state index in [0.29, 0.717) is 23.8 Å². The molecule has 34 heavy (non-hydrogen) atoms. The summed E-state index contributed by atoms with van der Waals surface area (Å²) in [6.45, 7) is 4.12. The van der Waals surface area contributed by atoms with Crippen LogP contribution in [0.4, 0.5) is 5.95 Å². The number of nitrogens with zero attached hydrogens (tertiary/aromatic N) is 4. The molecule has 2 heterocycles. The van der Waals surface area contributed by atoms with E-state index < -0.39 is 12.0 Å². The number of nitrogens with one attached hydrogen (secondary N) is 1. The van der Waals surface area contributed by atoms with Gasteiger partial charge in [-0.25, -0.2) is 9.48 Å². The van der Waals surface area contributed by atoms with Crippen LogP contribution in [0.15, 0.2) is 72.2 Å². The highest BCUT2D eigenvalue weighted by molar-refractivity contribution is 5.93. The number of aromatic nitrogens is 3. The van der Waals surface area contributed by atoms with E-state index in [1.165, 1.54) is 6.33 Å². The first-order chi connectivity index (χ1) is 16.5. The lowest BCUT2D eigenvalue weighted by atomic mass is 9.95. The van der Waals surface area contributed by atoms with Gasteiger partial charge in [-0.1, -0.05) is 42.5 Å². The van der Waals surface area contributed by atoms with Gasteiger partial charge in [-0.15, -0.1) is 0 Å². The Hall–Kier alpha value is -4.14. The van der Waals surface area contributed by atoms with Gasteiger partial charge in [0.15, 0.2) is 0 Å². The standard InChI is InChI=1S/C25H27N5O4/c1-4-34-24(32)22-17(2)29(15-21(31)26-14-18-9-8-12-20(13-18)33-3)25-27-16-28-30(25)23(22)19-10-6-5-7-11-19/h5-13,16,23H,4,14-15H2,1-3H3,(H,26,31). The highest BCUT2D eigenvalue weighted by atomic mass is 16.5. The highest BCUT2D eigenvalue weighted by Gasteiger charge is 2.38. The number of amides is 1. The second kappa shape index (κ2) is 10.2. The third-order valence-corrected chi connectivity index (χ3v) is 5.64. The van der Waals surface area contributed by atoms with Crippen LogP contribution in [0.2, 0.25) is 0 Å². The molecule has 0 saturated heterocycles. The van der Waals surface area contributed by atoms with Crippen molar-refractivity contribution >= 4 is 17.8 Å². The van der Waals surface area contributed by atoms with Gasteiger partial charge in [0, 0.05) is 12.2 Å². The van der Waals surface area contributed by atoms with Crippen LogP contribution in [0.3, 0.4) is 0 Å². The van der Waals surface area contributed by atoms with Crippen molar-refractivity contribution in [3.05, 3.63) is 83.3 Å². The SMILES string of the molecule is CCOC(=O)C1=C(C)N(CC(=O)NCc2cccc(OC)c2)c2ncnn2C1c1ccccc1. The van der Waals surface area contributed by atoms with E-state index in [4.69, 9.17) is 9.47 Å². The van der Waals surface area contributed by atoms with Gasteiger partial charge in [0.25, 0.3) is 0 Å². The van der Waals surface area contributed by atoms with Crippen molar-refractivity contribution in [3.63, 3.8) is 0 Å². The van der Waals surface area contributed by atoms with Crippen molar-refractivity contribution < 1.29 is 19.1 Å². The first-order valence-electron chi connectivity index (χ1n) is 11.0. The number of anilines is 1. The van der Waals surface area contributed by atoms with Crippen molar-refractivity contribution in [2.45, 2.75) is 26.4 Å². The molecule has 1 atom stereocenters. The Kier molecular flexibility index (Phi) is 6.91. The van der Waals surface area contributed by atoms with Crippen LogP contribution in [0.1, 0.15) is 31.0 Å². The molecule has 1 amide bonds. The smallest absolute Gasteiger partial charge is 0.338 e. The third-order valence-electron chi connectivity index (χ3n) is 5.64. The number of benzene rings is 2. The quantitative estimate of drug-likeness (QED) is 0.515. The Morgan fingerprint density at radius 3 is 2.65 bits per heavy atom. The molecule has 1 unspecified atom stereocenters. The summed E-state index contributed by atoms with van der Waals surface area (Å²) in [5.41, 5.74) is 2.81. The minimum Gasteiger partial charge on any atom is -0.497 e. The lowest BCUT2D eigenvalue weighted by molar-refractivity contribution is -0.139. The Morgan fingerprint density at radius 2 is 1.91 bits per heavy atom. The highest BCUT2D eigenvalue weighted by Crippen LogP contribution is 2.38. The summed E-state index contributed by atoms with van der Waals surface area (Å²) < 4.78 is 12.3. The van der Waals surface area contributed by atoms with Crippen molar-refractivity contribution in [1.29, 1.82) is 0 Å². The second-order valence-electron chi connectivity index (χ2n) is 7.75. The minimum absolute atomic E-state index is 0.0289. The Morgan fingerprint density at radius 1 is 1.12 bits per heavy atom. The molecule has 0 aliphatic carbocycles. The largest absolute Gasteiger partial charge is 0.497 e. The van der Waals surface area contributed by atoms with Crippen LogP contribution in [0.5, 0.6) is 5.75 Å². The molecule has 176 valence electrons. The Labute approximate surface area is 198 Å². The van der Waals surface area contributed by atoms with Crippen LogP contribution in [0, 0.1) is 0 Å². The molecule has 4 rings (SSSR count). The molecular formula is C25H27N5O4. The number of hydrogen-bond acceptors (Lipinski definition) is 7. The zero-order valence-corrected chi connectivity index (χ0v) is 19.4. The van der Waals surface area contributed by atoms with Gasteiger partial charge in [-0.05, 0) is 37.1 Å². The van der Waals surface area contributed by atoms with Crippen molar-refractivity contribution in [1.82, 2.24) is 20.1 Å². The van der Waals surface area contributed by atoms with E-state index in [2.05, 4.69) is 15.4 Å². The van der Waals surface area contributed by atoms with E-state index in [1.54, 1.807) is 30.5 Å². The predicted molar refractivity (Wildman–Crippen MR) is 126 cm³/mol. The molecule has 9 nitrogen and oxygen atoms in total. The number of carbonyl (C=O) groups is 2. The summed E-state index contributed by atoms with van der Waals surface area (Å²) in [5.74, 6) is 0.534. The summed E-state index contributed by atoms with van der Waals surface area (Å²) >= 11 is 0. The molecular weight excluding hydrogens is 434 g/mol. The second-order valence-corrected chi connectivity index (χ2v) is 7.75. The van der Waals surface area contributed by atoms with E-state index in [-0.39, 0.29) is 19.1 Å². The summed E-state index contributed by atoms with van der Waals surface area (Å²) in [4.78, 5) is 32.0. The molecule has 3 aromatic rings. The predicted octanol–water partition coefficient (Wildman–Crippen LogP) is 2.85. The number of carbonyl (C=O) groups excluding carboxylic acids is 2. The fourth-order valence-corrected chi connectivity index (χ4v) is 4.02. The summed E-state index contributed by atoms with van der Waals surface area (Å²) in [7, 11) is 1.60. The van der Waals surface area contributed by atoms with Crippen molar-refractivity contribution in [2.75, 3.05) is 25.2 Å². The molecule has 1 aromatic heterocycles. The van der Waals surface area contributed by atoms with E-state index in [9.17, 15) is 9.59 Å². The number of fused-ring (bicyclic) bond motifs is 1. The number of esters is 1. The van der Waals surface area contributed by atoms with E-state index >= 15 is 0 Å². The molecule has 1 N–H and O–H groups in total. The Bertz CT molecular complexity index is 1200. The summed E-state index contributed by atoms with van der Waals surface area (Å²) in [6.07, 6.45) is 1.42. The fraction of sp³-hybridized carbons (Fsp3) is 0.280. The molecule has 0 fully saturated rings. The summed E-state index contributed by atoms with van der Waals surface area (Å²) in [5, 5.41) is 7.31. The molecule has 1 aliphatic heterocycles. The monoisotopic (exact) mass is 461 g/mol. The zero-order chi connectivity index (χ0) is 24.1. The van der Waals surface area contributed by atoms with Gasteiger partial charge in [-0.3, -0.25) is 4.79 Å². The van der Waals surface area contributed by atoms with Gasteiger partial charge in [0.2, 0.25) is 11.9 Å². The first-order valence-corrected chi connectivity index (χ1v) is 11.0. The number of rotatable bonds is 8. The summed E-state index contributed by atoms with van der Waals surface area (Å²) in [6, 6.07) is 16.6. The molecule has 1 aliphatic rings.